The number of benzene rings is 1. The molecule has 0 unspecified atom stereocenters. The van der Waals surface area contributed by atoms with Crippen LogP contribution in [-0.2, 0) is 25.9 Å². The summed E-state index contributed by atoms with van der Waals surface area (Å²) in [6, 6.07) is 10.9. The van der Waals surface area contributed by atoms with Gasteiger partial charge in [-0.25, -0.2) is 9.13 Å². The van der Waals surface area contributed by atoms with Crippen molar-refractivity contribution in [2.45, 2.75) is 136 Å². The van der Waals surface area contributed by atoms with Gasteiger partial charge in [-0.05, 0) is 31.7 Å². The first-order chi connectivity index (χ1) is 15.8. The number of hydrogen-bond acceptors (Lipinski definition) is 0. The molecule has 32 heavy (non-hydrogen) atoms. The largest absolute Gasteiger partial charge is 0.256 e. The van der Waals surface area contributed by atoms with Crippen molar-refractivity contribution < 1.29 is 4.57 Å². The van der Waals surface area contributed by atoms with Crippen molar-refractivity contribution in [2.75, 3.05) is 0 Å². The molecule has 0 aliphatic rings. The number of rotatable bonds is 20. The molecule has 2 nitrogen and oxygen atoms in total. The summed E-state index contributed by atoms with van der Waals surface area (Å²) in [6.07, 6.45) is 28.2. The Labute approximate surface area is 199 Å². The van der Waals surface area contributed by atoms with E-state index in [0.29, 0.717) is 0 Å². The molecule has 0 saturated carbocycles. The maximum Gasteiger partial charge on any atom is 0.256 e. The van der Waals surface area contributed by atoms with Crippen LogP contribution in [0.1, 0.15) is 122 Å². The Bertz CT molecular complexity index is 673. The van der Waals surface area contributed by atoms with Gasteiger partial charge in [0, 0.05) is 6.42 Å². The molecule has 0 radical (unpaired) electrons. The van der Waals surface area contributed by atoms with Gasteiger partial charge in [0.25, 0.3) is 5.82 Å². The van der Waals surface area contributed by atoms with Gasteiger partial charge in [-0.3, -0.25) is 0 Å². The number of hydrogen-bond donors (Lipinski definition) is 0. The number of imidazole rings is 1. The number of aromatic nitrogens is 2. The summed E-state index contributed by atoms with van der Waals surface area (Å²) in [5.41, 5.74) is 1.46. The monoisotopic (exact) mass is 439 g/mol. The molecule has 2 aromatic rings. The van der Waals surface area contributed by atoms with Gasteiger partial charge in [0.2, 0.25) is 0 Å². The van der Waals surface area contributed by atoms with E-state index in [-0.39, 0.29) is 0 Å². The lowest BCUT2D eigenvalue weighted by atomic mass is 10.0. The van der Waals surface area contributed by atoms with Crippen molar-refractivity contribution in [3.05, 3.63) is 54.1 Å². The molecular formula is C30H51N2+. The summed E-state index contributed by atoms with van der Waals surface area (Å²) in [5.74, 6) is 1.53. The van der Waals surface area contributed by atoms with Crippen molar-refractivity contribution in [3.63, 3.8) is 0 Å². The van der Waals surface area contributed by atoms with E-state index in [2.05, 4.69) is 65.7 Å². The van der Waals surface area contributed by atoms with Gasteiger partial charge in [-0.1, -0.05) is 121 Å². The summed E-state index contributed by atoms with van der Waals surface area (Å²) < 4.78 is 4.96. The fourth-order valence-corrected chi connectivity index (χ4v) is 4.85. The third kappa shape index (κ3) is 11.3. The first kappa shape index (κ1) is 26.7. The Kier molecular flexibility index (Phi) is 14.9. The van der Waals surface area contributed by atoms with Crippen LogP contribution in [0.4, 0.5) is 0 Å². The number of unbranched alkanes of at least 4 members (excludes halogenated alkanes) is 13. The summed E-state index contributed by atoms with van der Waals surface area (Å²) in [4.78, 5) is 0. The van der Waals surface area contributed by atoms with Crippen LogP contribution < -0.4 is 4.57 Å². The van der Waals surface area contributed by atoms with Crippen LogP contribution in [0.25, 0.3) is 0 Å². The van der Waals surface area contributed by atoms with Crippen LogP contribution in [0.3, 0.4) is 0 Å². The number of nitrogens with zero attached hydrogens (tertiary/aromatic N) is 2. The second kappa shape index (κ2) is 17.9. The molecule has 0 aliphatic heterocycles. The van der Waals surface area contributed by atoms with Crippen molar-refractivity contribution in [1.82, 2.24) is 4.57 Å². The van der Waals surface area contributed by atoms with E-state index in [1.54, 1.807) is 0 Å². The average molecular weight is 440 g/mol. The van der Waals surface area contributed by atoms with Gasteiger partial charge < -0.3 is 0 Å². The van der Waals surface area contributed by atoms with E-state index >= 15 is 0 Å². The normalized spacial score (nSPS) is 11.3. The zero-order valence-electron chi connectivity index (χ0n) is 21.4. The fourth-order valence-electron chi connectivity index (χ4n) is 4.85. The van der Waals surface area contributed by atoms with Gasteiger partial charge in [0.15, 0.2) is 0 Å². The summed E-state index contributed by atoms with van der Waals surface area (Å²) >= 11 is 0. The van der Waals surface area contributed by atoms with E-state index in [9.17, 15) is 0 Å². The van der Waals surface area contributed by atoms with Gasteiger partial charge >= 0.3 is 0 Å². The molecule has 2 heteroatoms. The highest BCUT2D eigenvalue weighted by Crippen LogP contribution is 2.14. The SMILES string of the molecule is CCCCCCCCCCCCCCCCc1n(CC)cc[n+]1CCCc1ccccc1. The van der Waals surface area contributed by atoms with E-state index < -0.39 is 0 Å². The zero-order chi connectivity index (χ0) is 22.7. The van der Waals surface area contributed by atoms with Crippen molar-refractivity contribution in [1.29, 1.82) is 0 Å². The molecule has 0 fully saturated rings. The standard InChI is InChI=1S/C30H51N2/c1-3-5-6-7-8-9-10-11-12-13-14-15-16-20-25-30-31(4-2)27-28-32(30)26-21-24-29-22-18-17-19-23-29/h17-19,22-23,27-28H,3-16,20-21,24-26H2,1-2H3/q+1. The highest BCUT2D eigenvalue weighted by molar-refractivity contribution is 5.14. The van der Waals surface area contributed by atoms with E-state index in [4.69, 9.17) is 0 Å². The van der Waals surface area contributed by atoms with Gasteiger partial charge in [-0.15, -0.1) is 0 Å². The fraction of sp³-hybridized carbons (Fsp3) is 0.700. The Morgan fingerprint density at radius 1 is 0.625 bits per heavy atom. The lowest BCUT2D eigenvalue weighted by molar-refractivity contribution is -0.704. The van der Waals surface area contributed by atoms with E-state index in [1.165, 1.54) is 121 Å². The molecule has 1 heterocycles. The minimum absolute atomic E-state index is 1.08. The number of aryl methyl sites for hydroxylation is 3. The molecule has 0 atom stereocenters. The Hall–Kier alpha value is -1.57. The molecular weight excluding hydrogens is 388 g/mol. The van der Waals surface area contributed by atoms with Crippen LogP contribution in [0.15, 0.2) is 42.7 Å². The minimum atomic E-state index is 1.08. The van der Waals surface area contributed by atoms with Gasteiger partial charge in [0.1, 0.15) is 12.4 Å². The third-order valence-electron chi connectivity index (χ3n) is 6.89. The second-order valence-electron chi connectivity index (χ2n) is 9.63. The molecule has 0 N–H and O–H groups in total. The summed E-state index contributed by atoms with van der Waals surface area (Å²) in [7, 11) is 0. The minimum Gasteiger partial charge on any atom is -0.235 e. The predicted molar refractivity (Wildman–Crippen MR) is 139 cm³/mol. The zero-order valence-corrected chi connectivity index (χ0v) is 21.4. The predicted octanol–water partition coefficient (Wildman–Crippen LogP) is 8.45. The summed E-state index contributed by atoms with van der Waals surface area (Å²) in [6.45, 7) is 6.78. The Morgan fingerprint density at radius 3 is 1.75 bits per heavy atom. The molecule has 0 saturated heterocycles. The van der Waals surface area contributed by atoms with Crippen molar-refractivity contribution >= 4 is 0 Å². The lowest BCUT2D eigenvalue weighted by Crippen LogP contribution is -2.37. The van der Waals surface area contributed by atoms with Gasteiger partial charge in [0.05, 0.1) is 13.1 Å². The topological polar surface area (TPSA) is 8.81 Å². The highest BCUT2D eigenvalue weighted by Gasteiger charge is 2.15. The maximum atomic E-state index is 2.51. The molecule has 1 aromatic carbocycles. The molecule has 0 spiro atoms. The Morgan fingerprint density at radius 2 is 1.19 bits per heavy atom. The molecule has 0 aliphatic carbocycles. The summed E-state index contributed by atoms with van der Waals surface area (Å²) in [5, 5.41) is 0. The van der Waals surface area contributed by atoms with E-state index in [1.807, 2.05) is 0 Å². The second-order valence-corrected chi connectivity index (χ2v) is 9.63. The van der Waals surface area contributed by atoms with Crippen LogP contribution in [-0.4, -0.2) is 4.57 Å². The van der Waals surface area contributed by atoms with Gasteiger partial charge in [-0.2, -0.15) is 0 Å². The van der Waals surface area contributed by atoms with E-state index in [0.717, 1.165) is 13.1 Å². The molecule has 1 aromatic heterocycles. The molecule has 0 bridgehead atoms. The van der Waals surface area contributed by atoms with Crippen molar-refractivity contribution in [3.8, 4) is 0 Å². The van der Waals surface area contributed by atoms with Crippen LogP contribution in [0.5, 0.6) is 0 Å². The maximum absolute atomic E-state index is 2.51. The van der Waals surface area contributed by atoms with Crippen LogP contribution in [0, 0.1) is 0 Å². The van der Waals surface area contributed by atoms with Crippen LogP contribution in [0.2, 0.25) is 0 Å². The quantitative estimate of drug-likeness (QED) is 0.144. The first-order valence-electron chi connectivity index (χ1n) is 14.0. The first-order valence-corrected chi connectivity index (χ1v) is 14.0. The Balaban J connectivity index is 1.51. The lowest BCUT2D eigenvalue weighted by Gasteiger charge is -2.06. The average Bonchev–Trinajstić information content (AvgIpc) is 3.21. The van der Waals surface area contributed by atoms with Crippen molar-refractivity contribution in [2.24, 2.45) is 0 Å². The smallest absolute Gasteiger partial charge is 0.235 e. The molecule has 180 valence electrons. The highest BCUT2D eigenvalue weighted by atomic mass is 15.1. The van der Waals surface area contributed by atoms with Crippen LogP contribution >= 0.6 is 0 Å². The molecule has 2 rings (SSSR count). The molecule has 0 amide bonds. The third-order valence-corrected chi connectivity index (χ3v) is 6.89.